The number of nitrogens with zero attached hydrogens (tertiary/aromatic N) is 3. The molecule has 1 aliphatic heterocycles. The van der Waals surface area contributed by atoms with Crippen LogP contribution in [0.2, 0.25) is 0 Å². The maximum atomic E-state index is 13.3. The second-order valence-electron chi connectivity index (χ2n) is 6.87. The van der Waals surface area contributed by atoms with Gasteiger partial charge in [0.2, 0.25) is 9.84 Å². The first-order valence-corrected chi connectivity index (χ1v) is 11.2. The lowest BCUT2D eigenvalue weighted by atomic mass is 10.1. The smallest absolute Gasteiger partial charge is 0.206 e. The van der Waals surface area contributed by atoms with Gasteiger partial charge in [-0.3, -0.25) is 0 Å². The Labute approximate surface area is 171 Å². The second kappa shape index (κ2) is 8.31. The van der Waals surface area contributed by atoms with Crippen molar-refractivity contribution in [1.29, 1.82) is 0 Å². The molecule has 0 saturated carbocycles. The first kappa shape index (κ1) is 19.5. The molecule has 4 rings (SSSR count). The largest absolute Gasteiger partial charge is 0.378 e. The molecule has 150 valence electrons. The molecule has 6 nitrogen and oxygen atoms in total. The van der Waals surface area contributed by atoms with Gasteiger partial charge in [-0.15, -0.1) is 0 Å². The third-order valence-electron chi connectivity index (χ3n) is 4.99. The van der Waals surface area contributed by atoms with Gasteiger partial charge >= 0.3 is 0 Å². The highest BCUT2D eigenvalue weighted by Crippen LogP contribution is 2.31. The molecule has 0 N–H and O–H groups in total. The summed E-state index contributed by atoms with van der Waals surface area (Å²) in [5, 5.41) is 0. The van der Waals surface area contributed by atoms with E-state index in [1.165, 1.54) is 0 Å². The molecule has 1 aromatic heterocycles. The van der Waals surface area contributed by atoms with Crippen molar-refractivity contribution < 1.29 is 13.2 Å². The molecule has 2 heterocycles. The third kappa shape index (κ3) is 4.16. The first-order chi connectivity index (χ1) is 14.1. The van der Waals surface area contributed by atoms with Gasteiger partial charge in [-0.05, 0) is 35.9 Å². The zero-order chi connectivity index (χ0) is 20.3. The summed E-state index contributed by atoms with van der Waals surface area (Å²) in [6.07, 6.45) is 4.26. The third-order valence-corrected chi connectivity index (χ3v) is 6.74. The molecule has 2 aromatic carbocycles. The Bertz CT molecular complexity index is 1080. The summed E-state index contributed by atoms with van der Waals surface area (Å²) in [7, 11) is -3.64. The molecular weight excluding hydrogens is 386 g/mol. The Morgan fingerprint density at radius 1 is 0.931 bits per heavy atom. The van der Waals surface area contributed by atoms with Gasteiger partial charge in [-0.25, -0.2) is 18.4 Å². The predicted octanol–water partition coefficient (Wildman–Crippen LogP) is 3.38. The minimum absolute atomic E-state index is 0.266. The van der Waals surface area contributed by atoms with Crippen LogP contribution in [0.3, 0.4) is 0 Å². The van der Waals surface area contributed by atoms with Crippen LogP contribution in [-0.2, 0) is 21.0 Å². The highest BCUT2D eigenvalue weighted by atomic mass is 32.2. The van der Waals surface area contributed by atoms with Crippen LogP contribution in [0.1, 0.15) is 12.7 Å². The van der Waals surface area contributed by atoms with Crippen molar-refractivity contribution in [2.24, 2.45) is 0 Å². The van der Waals surface area contributed by atoms with Crippen LogP contribution in [0.4, 0.5) is 5.69 Å². The molecule has 0 spiro atoms. The monoisotopic (exact) mass is 409 g/mol. The van der Waals surface area contributed by atoms with E-state index >= 15 is 0 Å². The van der Waals surface area contributed by atoms with Gasteiger partial charge in [0.05, 0.1) is 23.0 Å². The van der Waals surface area contributed by atoms with Crippen LogP contribution >= 0.6 is 0 Å². The number of rotatable bonds is 5. The van der Waals surface area contributed by atoms with Crippen LogP contribution in [-0.4, -0.2) is 44.7 Å². The van der Waals surface area contributed by atoms with Crippen molar-refractivity contribution >= 4 is 15.5 Å². The summed E-state index contributed by atoms with van der Waals surface area (Å²) in [4.78, 5) is 11.4. The minimum atomic E-state index is -3.64. The van der Waals surface area contributed by atoms with Crippen LogP contribution in [0.15, 0.2) is 70.7 Å². The van der Waals surface area contributed by atoms with Crippen molar-refractivity contribution in [3.8, 4) is 11.1 Å². The number of morpholine rings is 1. The molecule has 0 radical (unpaired) electrons. The number of aromatic nitrogens is 2. The zero-order valence-corrected chi connectivity index (χ0v) is 17.1. The molecule has 0 amide bonds. The number of benzene rings is 2. The molecule has 0 atom stereocenters. The number of sulfone groups is 1. The Morgan fingerprint density at radius 3 is 2.28 bits per heavy atom. The van der Waals surface area contributed by atoms with E-state index in [0.717, 1.165) is 42.1 Å². The standard InChI is InChI=1S/C22H23N3O3S/c1-2-22-23-15-18(16-24-22)17-12-19(25-8-10-28-11-9-25)14-21(13-17)29(26,27)20-6-4-3-5-7-20/h3-7,12-16H,2,8-11H2,1H3. The Kier molecular flexibility index (Phi) is 5.60. The second-order valence-corrected chi connectivity index (χ2v) is 8.82. The first-order valence-electron chi connectivity index (χ1n) is 9.67. The normalized spacial score (nSPS) is 14.7. The van der Waals surface area contributed by atoms with Crippen LogP contribution in [0.25, 0.3) is 11.1 Å². The summed E-state index contributed by atoms with van der Waals surface area (Å²) >= 11 is 0. The van der Waals surface area contributed by atoms with E-state index in [1.807, 2.05) is 13.0 Å². The molecule has 0 aliphatic carbocycles. The van der Waals surface area contributed by atoms with Crippen LogP contribution in [0, 0.1) is 0 Å². The van der Waals surface area contributed by atoms with Crippen molar-refractivity contribution in [3.63, 3.8) is 0 Å². The molecule has 0 bridgehead atoms. The van der Waals surface area contributed by atoms with E-state index in [1.54, 1.807) is 54.9 Å². The van der Waals surface area contributed by atoms with Gasteiger partial charge in [0.25, 0.3) is 0 Å². The van der Waals surface area contributed by atoms with Gasteiger partial charge in [0.15, 0.2) is 0 Å². The molecule has 3 aromatic rings. The van der Waals surface area contributed by atoms with Gasteiger partial charge in [-0.2, -0.15) is 0 Å². The highest BCUT2D eigenvalue weighted by Gasteiger charge is 2.21. The average molecular weight is 410 g/mol. The number of hydrogen-bond acceptors (Lipinski definition) is 6. The van der Waals surface area contributed by atoms with Crippen molar-refractivity contribution in [1.82, 2.24) is 9.97 Å². The Hall–Kier alpha value is -2.77. The summed E-state index contributed by atoms with van der Waals surface area (Å²) in [6, 6.07) is 14.0. The van der Waals surface area contributed by atoms with Crippen molar-refractivity contribution in [2.45, 2.75) is 23.1 Å². The van der Waals surface area contributed by atoms with E-state index in [-0.39, 0.29) is 9.79 Å². The van der Waals surface area contributed by atoms with Crippen molar-refractivity contribution in [3.05, 3.63) is 66.7 Å². The number of aryl methyl sites for hydroxylation is 1. The fourth-order valence-electron chi connectivity index (χ4n) is 3.33. The molecule has 0 unspecified atom stereocenters. The summed E-state index contributed by atoms with van der Waals surface area (Å²) in [6.45, 7) is 4.69. The van der Waals surface area contributed by atoms with Gasteiger partial charge in [0, 0.05) is 43.2 Å². The predicted molar refractivity (Wildman–Crippen MR) is 112 cm³/mol. The summed E-state index contributed by atoms with van der Waals surface area (Å²) in [5.41, 5.74) is 2.44. The van der Waals surface area contributed by atoms with E-state index in [0.29, 0.717) is 13.2 Å². The number of ether oxygens (including phenoxy) is 1. The fraction of sp³-hybridized carbons (Fsp3) is 0.273. The lowest BCUT2D eigenvalue weighted by Crippen LogP contribution is -2.36. The summed E-state index contributed by atoms with van der Waals surface area (Å²) < 4.78 is 32.0. The van der Waals surface area contributed by atoms with Gasteiger partial charge < -0.3 is 9.64 Å². The number of hydrogen-bond donors (Lipinski definition) is 0. The molecule has 1 aliphatic rings. The fourth-order valence-corrected chi connectivity index (χ4v) is 4.68. The molecule has 1 saturated heterocycles. The lowest BCUT2D eigenvalue weighted by Gasteiger charge is -2.29. The van der Waals surface area contributed by atoms with Gasteiger partial charge in [0.1, 0.15) is 5.82 Å². The Morgan fingerprint density at radius 2 is 1.62 bits per heavy atom. The average Bonchev–Trinajstić information content (AvgIpc) is 2.80. The topological polar surface area (TPSA) is 72.4 Å². The minimum Gasteiger partial charge on any atom is -0.378 e. The van der Waals surface area contributed by atoms with E-state index in [4.69, 9.17) is 4.74 Å². The lowest BCUT2D eigenvalue weighted by molar-refractivity contribution is 0.122. The highest BCUT2D eigenvalue weighted by molar-refractivity contribution is 7.91. The van der Waals surface area contributed by atoms with Crippen molar-refractivity contribution in [2.75, 3.05) is 31.2 Å². The Balaban J connectivity index is 1.83. The molecular formula is C22H23N3O3S. The van der Waals surface area contributed by atoms with Crippen LogP contribution in [0.5, 0.6) is 0 Å². The van der Waals surface area contributed by atoms with E-state index < -0.39 is 9.84 Å². The SMILES string of the molecule is CCc1ncc(-c2cc(N3CCOCC3)cc(S(=O)(=O)c3ccccc3)c2)cn1. The maximum Gasteiger partial charge on any atom is 0.206 e. The van der Waals surface area contributed by atoms with Gasteiger partial charge in [-0.1, -0.05) is 25.1 Å². The number of anilines is 1. The molecule has 29 heavy (non-hydrogen) atoms. The quantitative estimate of drug-likeness (QED) is 0.643. The maximum absolute atomic E-state index is 13.3. The van der Waals surface area contributed by atoms with E-state index in [2.05, 4.69) is 14.9 Å². The van der Waals surface area contributed by atoms with Crippen LogP contribution < -0.4 is 4.90 Å². The summed E-state index contributed by atoms with van der Waals surface area (Å²) in [5.74, 6) is 0.759. The molecule has 1 fully saturated rings. The zero-order valence-electron chi connectivity index (χ0n) is 16.3. The van der Waals surface area contributed by atoms with E-state index in [9.17, 15) is 8.42 Å². The molecule has 7 heteroatoms.